The molecule has 1 aromatic heterocycles. The number of carbonyl (C=O) groups is 1. The second kappa shape index (κ2) is 6.52. The second-order valence-corrected chi connectivity index (χ2v) is 8.84. The van der Waals surface area contributed by atoms with Crippen molar-refractivity contribution in [2.24, 2.45) is 23.7 Å². The highest BCUT2D eigenvalue weighted by Gasteiger charge is 2.50. The van der Waals surface area contributed by atoms with Crippen LogP contribution in [-0.2, 0) is 4.74 Å². The Bertz CT molecular complexity index is 658. The molecule has 1 amide bonds. The topological polar surface area (TPSA) is 45.7 Å². The summed E-state index contributed by atoms with van der Waals surface area (Å²) in [6, 6.07) is 4.40. The lowest BCUT2D eigenvalue weighted by molar-refractivity contribution is -0.0492. The fourth-order valence-corrected chi connectivity index (χ4v) is 6.40. The normalized spacial score (nSPS) is 35.6. The first-order valence-corrected chi connectivity index (χ1v) is 10.2. The third-order valence-corrected chi connectivity index (χ3v) is 7.28. The van der Waals surface area contributed by atoms with Gasteiger partial charge in [-0.15, -0.1) is 0 Å². The molecule has 0 aromatic carbocycles. The van der Waals surface area contributed by atoms with Crippen LogP contribution in [0.4, 0.5) is 5.69 Å². The van der Waals surface area contributed by atoms with Crippen molar-refractivity contribution in [2.45, 2.75) is 38.1 Å². The van der Waals surface area contributed by atoms with Gasteiger partial charge in [-0.3, -0.25) is 9.78 Å². The molecule has 6 rings (SSSR count). The molecule has 4 saturated carbocycles. The summed E-state index contributed by atoms with van der Waals surface area (Å²) in [6.45, 7) is 3.25. The van der Waals surface area contributed by atoms with E-state index in [1.807, 2.05) is 24.1 Å². The zero-order chi connectivity index (χ0) is 17.7. The van der Waals surface area contributed by atoms with Crippen LogP contribution < -0.4 is 4.90 Å². The number of ether oxygens (including phenoxy) is 1. The van der Waals surface area contributed by atoms with E-state index in [0.717, 1.165) is 43.8 Å². The molecular weight excluding hydrogens is 326 g/mol. The van der Waals surface area contributed by atoms with Gasteiger partial charge in [0.1, 0.15) is 5.69 Å². The fraction of sp³-hybridized carbons (Fsp3) is 0.714. The summed E-state index contributed by atoms with van der Waals surface area (Å²) < 4.78 is 5.44. The highest BCUT2D eigenvalue weighted by molar-refractivity contribution is 5.93. The molecule has 0 atom stereocenters. The van der Waals surface area contributed by atoms with Gasteiger partial charge in [0.15, 0.2) is 0 Å². The van der Waals surface area contributed by atoms with Crippen LogP contribution in [0, 0.1) is 23.7 Å². The second-order valence-electron chi connectivity index (χ2n) is 8.84. The van der Waals surface area contributed by atoms with E-state index in [1.54, 1.807) is 6.20 Å². The number of amides is 1. The number of carbonyl (C=O) groups excluding carboxylic acids is 1. The third kappa shape index (κ3) is 2.81. The lowest BCUT2D eigenvalue weighted by Crippen LogP contribution is -2.56. The van der Waals surface area contributed by atoms with E-state index >= 15 is 0 Å². The number of morpholine rings is 1. The van der Waals surface area contributed by atoms with Crippen molar-refractivity contribution < 1.29 is 9.53 Å². The van der Waals surface area contributed by atoms with Crippen LogP contribution in [0.5, 0.6) is 0 Å². The molecule has 140 valence electrons. The number of aromatic nitrogens is 1. The fourth-order valence-electron chi connectivity index (χ4n) is 6.40. The molecule has 1 saturated heterocycles. The van der Waals surface area contributed by atoms with E-state index in [0.29, 0.717) is 23.6 Å². The van der Waals surface area contributed by atoms with Crippen molar-refractivity contribution >= 4 is 11.6 Å². The smallest absolute Gasteiger partial charge is 0.272 e. The maximum Gasteiger partial charge on any atom is 0.272 e. The predicted octanol–water partition coefficient (Wildman–Crippen LogP) is 2.81. The Labute approximate surface area is 155 Å². The molecule has 5 aliphatic rings. The molecule has 4 bridgehead atoms. The van der Waals surface area contributed by atoms with Gasteiger partial charge < -0.3 is 14.5 Å². The Morgan fingerprint density at radius 3 is 2.42 bits per heavy atom. The van der Waals surface area contributed by atoms with Gasteiger partial charge >= 0.3 is 0 Å². The number of nitrogens with zero attached hydrogens (tertiary/aromatic N) is 3. The Balaban J connectivity index is 1.34. The summed E-state index contributed by atoms with van der Waals surface area (Å²) in [4.78, 5) is 22.0. The average molecular weight is 355 g/mol. The lowest BCUT2D eigenvalue weighted by atomic mass is 9.54. The van der Waals surface area contributed by atoms with Gasteiger partial charge in [-0.2, -0.15) is 0 Å². The van der Waals surface area contributed by atoms with Crippen molar-refractivity contribution in [1.82, 2.24) is 9.88 Å². The highest BCUT2D eigenvalue weighted by Crippen LogP contribution is 2.55. The lowest BCUT2D eigenvalue weighted by Gasteiger charge is -2.56. The van der Waals surface area contributed by atoms with Gasteiger partial charge in [0.2, 0.25) is 0 Å². The molecule has 0 spiro atoms. The van der Waals surface area contributed by atoms with Crippen LogP contribution in [-0.4, -0.2) is 55.2 Å². The summed E-state index contributed by atoms with van der Waals surface area (Å²) in [6.07, 6.45) is 8.55. The molecule has 5 heteroatoms. The number of hydrogen-bond donors (Lipinski definition) is 0. The molecule has 0 unspecified atom stereocenters. The van der Waals surface area contributed by atoms with E-state index in [4.69, 9.17) is 4.74 Å². The van der Waals surface area contributed by atoms with Gasteiger partial charge in [0, 0.05) is 38.1 Å². The van der Waals surface area contributed by atoms with Crippen molar-refractivity contribution in [3.05, 3.63) is 24.0 Å². The number of hydrogen-bond acceptors (Lipinski definition) is 4. The summed E-state index contributed by atoms with van der Waals surface area (Å²) in [7, 11) is 2.01. The minimum absolute atomic E-state index is 0.0950. The van der Waals surface area contributed by atoms with Crippen molar-refractivity contribution in [2.75, 3.05) is 38.3 Å². The minimum atomic E-state index is 0.0950. The summed E-state index contributed by atoms with van der Waals surface area (Å²) in [5.41, 5.74) is 1.68. The van der Waals surface area contributed by atoms with Crippen molar-refractivity contribution in [1.29, 1.82) is 0 Å². The van der Waals surface area contributed by atoms with Crippen LogP contribution in [0.2, 0.25) is 0 Å². The molecule has 0 radical (unpaired) electrons. The molecule has 5 fully saturated rings. The largest absolute Gasteiger partial charge is 0.378 e. The SMILES string of the molecule is CN(C(=O)c1cc(N2CCOCC2)ccn1)C1C2CC3CC(C2)CC1C3. The number of rotatable bonds is 3. The highest BCUT2D eigenvalue weighted by atomic mass is 16.5. The van der Waals surface area contributed by atoms with E-state index < -0.39 is 0 Å². The Morgan fingerprint density at radius 1 is 1.12 bits per heavy atom. The molecule has 1 aromatic rings. The first-order valence-electron chi connectivity index (χ1n) is 10.2. The first kappa shape index (κ1) is 16.5. The number of pyridine rings is 1. The molecule has 26 heavy (non-hydrogen) atoms. The molecule has 1 aliphatic heterocycles. The van der Waals surface area contributed by atoms with Gasteiger partial charge in [-0.1, -0.05) is 0 Å². The van der Waals surface area contributed by atoms with Crippen LogP contribution in [0.15, 0.2) is 18.3 Å². The average Bonchev–Trinajstić information content (AvgIpc) is 2.67. The molecule has 2 heterocycles. The molecule has 4 aliphatic carbocycles. The molecular formula is C21H29N3O2. The third-order valence-electron chi connectivity index (χ3n) is 7.28. The monoisotopic (exact) mass is 355 g/mol. The van der Waals surface area contributed by atoms with Crippen LogP contribution in [0.1, 0.15) is 42.6 Å². The Morgan fingerprint density at radius 2 is 1.77 bits per heavy atom. The van der Waals surface area contributed by atoms with Crippen LogP contribution >= 0.6 is 0 Å². The zero-order valence-corrected chi connectivity index (χ0v) is 15.6. The Kier molecular flexibility index (Phi) is 4.15. The van der Waals surface area contributed by atoms with Gasteiger partial charge in [-0.05, 0) is 67.9 Å². The first-order chi connectivity index (χ1) is 12.7. The molecule has 5 nitrogen and oxygen atoms in total. The molecule has 0 N–H and O–H groups in total. The number of anilines is 1. The van der Waals surface area contributed by atoms with Gasteiger partial charge in [-0.25, -0.2) is 0 Å². The maximum absolute atomic E-state index is 13.2. The van der Waals surface area contributed by atoms with Gasteiger partial charge in [0.05, 0.1) is 13.2 Å². The minimum Gasteiger partial charge on any atom is -0.378 e. The summed E-state index contributed by atoms with van der Waals surface area (Å²) in [5, 5.41) is 0. The van der Waals surface area contributed by atoms with E-state index in [1.165, 1.54) is 32.1 Å². The van der Waals surface area contributed by atoms with Crippen LogP contribution in [0.3, 0.4) is 0 Å². The summed E-state index contributed by atoms with van der Waals surface area (Å²) >= 11 is 0. The van der Waals surface area contributed by atoms with Crippen LogP contribution in [0.25, 0.3) is 0 Å². The van der Waals surface area contributed by atoms with E-state index in [9.17, 15) is 4.79 Å². The Hall–Kier alpha value is -1.62. The zero-order valence-electron chi connectivity index (χ0n) is 15.6. The summed E-state index contributed by atoms with van der Waals surface area (Å²) in [5.74, 6) is 3.38. The van der Waals surface area contributed by atoms with Crippen molar-refractivity contribution in [3.63, 3.8) is 0 Å². The van der Waals surface area contributed by atoms with Crippen molar-refractivity contribution in [3.8, 4) is 0 Å². The van der Waals surface area contributed by atoms with Gasteiger partial charge in [0.25, 0.3) is 5.91 Å². The maximum atomic E-state index is 13.2. The standard InChI is InChI=1S/C21H29N3O2/c1-23(20-16-9-14-8-15(11-16)12-17(20)10-14)21(25)19-13-18(2-3-22-19)24-4-6-26-7-5-24/h2-3,13-17,20H,4-12H2,1H3. The quantitative estimate of drug-likeness (QED) is 0.836. The van der Waals surface area contributed by atoms with E-state index in [-0.39, 0.29) is 5.91 Å². The van der Waals surface area contributed by atoms with E-state index in [2.05, 4.69) is 9.88 Å². The predicted molar refractivity (Wildman–Crippen MR) is 100 cm³/mol.